The number of alkyl halides is 1. The summed E-state index contributed by atoms with van der Waals surface area (Å²) in [5.74, 6) is -0.205. The van der Waals surface area contributed by atoms with Gasteiger partial charge in [-0.25, -0.2) is 4.39 Å². The van der Waals surface area contributed by atoms with Crippen LogP contribution in [0.3, 0.4) is 0 Å². The van der Waals surface area contributed by atoms with E-state index in [1.807, 2.05) is 24.3 Å². The van der Waals surface area contributed by atoms with Gasteiger partial charge in [-0.1, -0.05) is 28.1 Å². The summed E-state index contributed by atoms with van der Waals surface area (Å²) >= 11 is 3.58. The van der Waals surface area contributed by atoms with Crippen LogP contribution < -0.4 is 5.73 Å². The Labute approximate surface area is 101 Å². The van der Waals surface area contributed by atoms with E-state index in [-0.39, 0.29) is 10.6 Å². The maximum Gasteiger partial charge on any atom is 0.123 e. The molecule has 0 saturated heterocycles. The lowest BCUT2D eigenvalue weighted by atomic mass is 10.1. The van der Waals surface area contributed by atoms with E-state index in [1.54, 1.807) is 6.07 Å². The predicted octanol–water partition coefficient (Wildman–Crippen LogP) is 3.87. The van der Waals surface area contributed by atoms with Crippen LogP contribution in [0, 0.1) is 5.82 Å². The van der Waals surface area contributed by atoms with Crippen molar-refractivity contribution in [3.8, 4) is 11.1 Å². The van der Waals surface area contributed by atoms with Crippen molar-refractivity contribution in [1.82, 2.24) is 0 Å². The van der Waals surface area contributed by atoms with E-state index in [0.717, 1.165) is 27.9 Å². The molecule has 80 valence electrons. The molecule has 3 rings (SSSR count). The molecule has 0 unspecified atom stereocenters. The molecule has 1 aliphatic rings. The average molecular weight is 278 g/mol. The highest BCUT2D eigenvalue weighted by Crippen LogP contribution is 2.48. The maximum absolute atomic E-state index is 13.2. The number of halogens is 2. The lowest BCUT2D eigenvalue weighted by Gasteiger charge is -2.04. The summed E-state index contributed by atoms with van der Waals surface area (Å²) in [6, 6.07) is 10.7. The van der Waals surface area contributed by atoms with Crippen LogP contribution in [0.25, 0.3) is 11.1 Å². The Morgan fingerprint density at radius 1 is 1.00 bits per heavy atom. The van der Waals surface area contributed by atoms with Crippen LogP contribution in [0.1, 0.15) is 16.0 Å². The van der Waals surface area contributed by atoms with E-state index in [9.17, 15) is 4.39 Å². The fraction of sp³-hybridized carbons (Fsp3) is 0.0769. The molecule has 0 aromatic heterocycles. The van der Waals surface area contributed by atoms with E-state index in [2.05, 4.69) is 15.9 Å². The summed E-state index contributed by atoms with van der Waals surface area (Å²) in [7, 11) is 0. The van der Waals surface area contributed by atoms with Crippen molar-refractivity contribution >= 4 is 21.6 Å². The molecule has 2 N–H and O–H groups in total. The molecule has 2 aromatic rings. The van der Waals surface area contributed by atoms with Crippen molar-refractivity contribution in [2.24, 2.45) is 0 Å². The molecule has 0 bridgehead atoms. The summed E-state index contributed by atoms with van der Waals surface area (Å²) < 4.78 is 13.2. The molecule has 0 spiro atoms. The molecule has 0 saturated carbocycles. The fourth-order valence-corrected chi connectivity index (χ4v) is 2.95. The summed E-state index contributed by atoms with van der Waals surface area (Å²) in [6.07, 6.45) is 0. The Balaban J connectivity index is 2.30. The average Bonchev–Trinajstić information content (AvgIpc) is 2.53. The van der Waals surface area contributed by atoms with Crippen molar-refractivity contribution in [3.05, 3.63) is 53.3 Å². The zero-order valence-corrected chi connectivity index (χ0v) is 9.96. The number of rotatable bonds is 0. The van der Waals surface area contributed by atoms with Crippen LogP contribution in [0.2, 0.25) is 0 Å². The van der Waals surface area contributed by atoms with Gasteiger partial charge in [0.05, 0.1) is 4.83 Å². The largest absolute Gasteiger partial charge is 0.399 e. The molecule has 0 fully saturated rings. The summed E-state index contributed by atoms with van der Waals surface area (Å²) in [6.45, 7) is 0. The van der Waals surface area contributed by atoms with Crippen molar-refractivity contribution < 1.29 is 4.39 Å². The number of hydrogen-bond acceptors (Lipinski definition) is 1. The SMILES string of the molecule is Nc1ccc2c(c1)[C@@H](Br)c1cc(F)ccc1-2. The molecule has 3 heteroatoms. The predicted molar refractivity (Wildman–Crippen MR) is 67.0 cm³/mol. The number of benzene rings is 2. The second-order valence-electron chi connectivity index (χ2n) is 3.94. The highest BCUT2D eigenvalue weighted by molar-refractivity contribution is 9.09. The molecule has 2 aromatic carbocycles. The monoisotopic (exact) mass is 277 g/mol. The Morgan fingerprint density at radius 3 is 2.38 bits per heavy atom. The van der Waals surface area contributed by atoms with Gasteiger partial charge in [0.2, 0.25) is 0 Å². The van der Waals surface area contributed by atoms with Gasteiger partial charge >= 0.3 is 0 Å². The molecule has 0 radical (unpaired) electrons. The standard InChI is InChI=1S/C13H9BrFN/c14-13-11-5-7(15)1-3-9(11)10-4-2-8(16)6-12(10)13/h1-6,13H,16H2/t13-/m0/s1. The van der Waals surface area contributed by atoms with Gasteiger partial charge in [0.25, 0.3) is 0 Å². The minimum absolute atomic E-state index is 0.0386. The number of anilines is 1. The van der Waals surface area contributed by atoms with Gasteiger partial charge in [0, 0.05) is 5.69 Å². The Bertz CT molecular complexity index is 529. The third kappa shape index (κ3) is 1.28. The molecule has 1 nitrogen and oxygen atoms in total. The first kappa shape index (κ1) is 9.85. The van der Waals surface area contributed by atoms with E-state index < -0.39 is 0 Å². The first-order chi connectivity index (χ1) is 7.66. The van der Waals surface area contributed by atoms with Gasteiger partial charge in [-0.3, -0.25) is 0 Å². The highest BCUT2D eigenvalue weighted by Gasteiger charge is 2.26. The van der Waals surface area contributed by atoms with E-state index >= 15 is 0 Å². The smallest absolute Gasteiger partial charge is 0.123 e. The lowest BCUT2D eigenvalue weighted by Crippen LogP contribution is -1.89. The third-order valence-corrected chi connectivity index (χ3v) is 3.91. The van der Waals surface area contributed by atoms with Crippen molar-refractivity contribution in [2.45, 2.75) is 4.83 Å². The van der Waals surface area contributed by atoms with E-state index in [1.165, 1.54) is 6.07 Å². The first-order valence-corrected chi connectivity index (χ1v) is 5.91. The Kier molecular flexibility index (Phi) is 2.04. The lowest BCUT2D eigenvalue weighted by molar-refractivity contribution is 0.626. The van der Waals surface area contributed by atoms with Gasteiger partial charge in [-0.15, -0.1) is 0 Å². The van der Waals surface area contributed by atoms with Crippen LogP contribution in [0.4, 0.5) is 10.1 Å². The summed E-state index contributed by atoms with van der Waals surface area (Å²) in [5, 5.41) is 0. The first-order valence-electron chi connectivity index (χ1n) is 5.00. The van der Waals surface area contributed by atoms with Gasteiger partial charge in [-0.05, 0) is 46.5 Å². The second-order valence-corrected chi connectivity index (χ2v) is 4.86. The van der Waals surface area contributed by atoms with Crippen LogP contribution in [0.15, 0.2) is 36.4 Å². The minimum atomic E-state index is -0.205. The highest BCUT2D eigenvalue weighted by atomic mass is 79.9. The minimum Gasteiger partial charge on any atom is -0.399 e. The third-order valence-electron chi connectivity index (χ3n) is 2.93. The molecule has 0 aliphatic heterocycles. The van der Waals surface area contributed by atoms with Crippen molar-refractivity contribution in [2.75, 3.05) is 5.73 Å². The van der Waals surface area contributed by atoms with Crippen molar-refractivity contribution in [3.63, 3.8) is 0 Å². The summed E-state index contributed by atoms with van der Waals surface area (Å²) in [5.41, 5.74) is 10.8. The van der Waals surface area contributed by atoms with Gasteiger partial charge < -0.3 is 5.73 Å². The van der Waals surface area contributed by atoms with E-state index in [4.69, 9.17) is 5.73 Å². The Hall–Kier alpha value is -1.35. The number of nitrogens with two attached hydrogens (primary N) is 1. The van der Waals surface area contributed by atoms with Crippen LogP contribution in [0.5, 0.6) is 0 Å². The molecule has 1 aliphatic carbocycles. The number of nitrogen functional groups attached to an aromatic ring is 1. The molecule has 0 amide bonds. The van der Waals surface area contributed by atoms with Crippen LogP contribution >= 0.6 is 15.9 Å². The topological polar surface area (TPSA) is 26.0 Å². The molecule has 1 atom stereocenters. The van der Waals surface area contributed by atoms with Gasteiger partial charge in [0.1, 0.15) is 5.82 Å². The second kappa shape index (κ2) is 3.32. The summed E-state index contributed by atoms with van der Waals surface area (Å²) in [4.78, 5) is 0.0386. The number of fused-ring (bicyclic) bond motifs is 3. The number of hydrogen-bond donors (Lipinski definition) is 1. The molecule has 0 heterocycles. The molecule has 16 heavy (non-hydrogen) atoms. The normalized spacial score (nSPS) is 17.0. The zero-order valence-electron chi connectivity index (χ0n) is 8.37. The van der Waals surface area contributed by atoms with Crippen molar-refractivity contribution in [1.29, 1.82) is 0 Å². The fourth-order valence-electron chi connectivity index (χ4n) is 2.19. The maximum atomic E-state index is 13.2. The molecular weight excluding hydrogens is 269 g/mol. The van der Waals surface area contributed by atoms with Gasteiger partial charge in [-0.2, -0.15) is 0 Å². The van der Waals surface area contributed by atoms with Gasteiger partial charge in [0.15, 0.2) is 0 Å². The molecular formula is C13H9BrFN. The quantitative estimate of drug-likeness (QED) is 0.574. The van der Waals surface area contributed by atoms with E-state index in [0.29, 0.717) is 0 Å². The zero-order chi connectivity index (χ0) is 11.3. The van der Waals surface area contributed by atoms with Crippen LogP contribution in [-0.4, -0.2) is 0 Å². The van der Waals surface area contributed by atoms with Crippen LogP contribution in [-0.2, 0) is 0 Å². The Morgan fingerprint density at radius 2 is 1.62 bits per heavy atom.